The molecule has 1 aromatic rings. The average molecular weight is 203 g/mol. The van der Waals surface area contributed by atoms with Gasteiger partial charge in [0, 0.05) is 25.2 Å². The van der Waals surface area contributed by atoms with Crippen LogP contribution in [0.5, 0.6) is 0 Å². The van der Waals surface area contributed by atoms with Crippen molar-refractivity contribution in [2.75, 3.05) is 18.8 Å². The van der Waals surface area contributed by atoms with E-state index in [-0.39, 0.29) is 0 Å². The number of rotatable bonds is 3. The normalized spacial score (nSPS) is 15.6. The van der Waals surface area contributed by atoms with Gasteiger partial charge in [-0.05, 0) is 30.5 Å². The predicted octanol–water partition coefficient (Wildman–Crippen LogP) is 1.59. The first kappa shape index (κ1) is 10.0. The van der Waals surface area contributed by atoms with Crippen LogP contribution in [0.3, 0.4) is 0 Å². The monoisotopic (exact) mass is 203 g/mol. The lowest BCUT2D eigenvalue weighted by atomic mass is 10.1. The lowest BCUT2D eigenvalue weighted by molar-refractivity contribution is 0.722. The van der Waals surface area contributed by atoms with E-state index in [0.29, 0.717) is 0 Å². The van der Waals surface area contributed by atoms with Crippen molar-refractivity contribution >= 4 is 11.5 Å². The van der Waals surface area contributed by atoms with E-state index in [4.69, 9.17) is 5.73 Å². The molecule has 80 valence electrons. The first-order chi connectivity index (χ1) is 7.34. The van der Waals surface area contributed by atoms with Crippen LogP contribution < -0.4 is 11.1 Å². The number of hydrogen-bond acceptors (Lipinski definition) is 3. The zero-order valence-electron chi connectivity index (χ0n) is 8.87. The smallest absolute Gasteiger partial charge is 0.0966 e. The summed E-state index contributed by atoms with van der Waals surface area (Å²) in [5.41, 5.74) is 7.77. The standard InChI is InChI=1S/C12H17N3/c13-11-5-2-10(3-6-11)4-7-12-14-8-1-9-15-12/h2-3,5-6H,1,4,7-9,13H2,(H,14,15). The Morgan fingerprint density at radius 1 is 1.20 bits per heavy atom. The molecule has 2 rings (SSSR count). The summed E-state index contributed by atoms with van der Waals surface area (Å²) in [5, 5.41) is 3.33. The highest BCUT2D eigenvalue weighted by Crippen LogP contribution is 2.08. The fraction of sp³-hybridized carbons (Fsp3) is 0.417. The third-order valence-electron chi connectivity index (χ3n) is 2.60. The number of aryl methyl sites for hydroxylation is 1. The maximum Gasteiger partial charge on any atom is 0.0966 e. The van der Waals surface area contributed by atoms with Gasteiger partial charge in [0.15, 0.2) is 0 Å². The van der Waals surface area contributed by atoms with Crippen LogP contribution in [0.25, 0.3) is 0 Å². The Labute approximate surface area is 90.4 Å². The summed E-state index contributed by atoms with van der Waals surface area (Å²) < 4.78 is 0. The quantitative estimate of drug-likeness (QED) is 0.733. The predicted molar refractivity (Wildman–Crippen MR) is 64.1 cm³/mol. The Balaban J connectivity index is 1.87. The van der Waals surface area contributed by atoms with E-state index in [2.05, 4.69) is 22.4 Å². The molecule has 1 heterocycles. The van der Waals surface area contributed by atoms with E-state index in [9.17, 15) is 0 Å². The third kappa shape index (κ3) is 2.98. The van der Waals surface area contributed by atoms with Crippen LogP contribution in [0, 0.1) is 0 Å². The van der Waals surface area contributed by atoms with Crippen molar-refractivity contribution < 1.29 is 0 Å². The number of nitrogens with two attached hydrogens (primary N) is 1. The minimum Gasteiger partial charge on any atom is -0.399 e. The highest BCUT2D eigenvalue weighted by atomic mass is 15.0. The van der Waals surface area contributed by atoms with Crippen LogP contribution in [-0.2, 0) is 6.42 Å². The van der Waals surface area contributed by atoms with Crippen LogP contribution in [0.1, 0.15) is 18.4 Å². The molecule has 3 N–H and O–H groups in total. The molecular formula is C12H17N3. The number of nitrogen functional groups attached to an aromatic ring is 1. The van der Waals surface area contributed by atoms with Gasteiger partial charge in [-0.15, -0.1) is 0 Å². The number of aliphatic imine (C=N–C) groups is 1. The molecule has 3 heteroatoms. The molecule has 0 radical (unpaired) electrons. The average Bonchev–Trinajstić information content (AvgIpc) is 2.30. The molecule has 1 aliphatic rings. The van der Waals surface area contributed by atoms with Gasteiger partial charge in [-0.1, -0.05) is 12.1 Å². The van der Waals surface area contributed by atoms with E-state index >= 15 is 0 Å². The van der Waals surface area contributed by atoms with Gasteiger partial charge >= 0.3 is 0 Å². The molecule has 0 atom stereocenters. The second-order valence-electron chi connectivity index (χ2n) is 3.85. The largest absolute Gasteiger partial charge is 0.399 e. The summed E-state index contributed by atoms with van der Waals surface area (Å²) in [6.45, 7) is 2.05. The van der Waals surface area contributed by atoms with Crippen molar-refractivity contribution in [1.29, 1.82) is 0 Å². The van der Waals surface area contributed by atoms with Gasteiger partial charge in [0.1, 0.15) is 0 Å². The number of hydrogen-bond donors (Lipinski definition) is 2. The molecule has 0 aliphatic carbocycles. The molecule has 0 spiro atoms. The molecule has 0 amide bonds. The lowest BCUT2D eigenvalue weighted by Crippen LogP contribution is -2.29. The van der Waals surface area contributed by atoms with E-state index in [1.165, 1.54) is 5.56 Å². The highest BCUT2D eigenvalue weighted by Gasteiger charge is 2.03. The van der Waals surface area contributed by atoms with Gasteiger partial charge in [-0.3, -0.25) is 4.99 Å². The van der Waals surface area contributed by atoms with Gasteiger partial charge in [0.05, 0.1) is 5.84 Å². The number of anilines is 1. The fourth-order valence-electron chi connectivity index (χ4n) is 1.70. The maximum atomic E-state index is 5.63. The molecule has 1 aromatic carbocycles. The molecule has 1 aliphatic heterocycles. The minimum atomic E-state index is 0.826. The van der Waals surface area contributed by atoms with Crippen LogP contribution in [0.2, 0.25) is 0 Å². The van der Waals surface area contributed by atoms with Gasteiger partial charge in [-0.25, -0.2) is 0 Å². The molecule has 0 unspecified atom stereocenters. The Bertz CT molecular complexity index is 340. The Morgan fingerprint density at radius 2 is 2.00 bits per heavy atom. The SMILES string of the molecule is Nc1ccc(CCC2=NCCCN2)cc1. The van der Waals surface area contributed by atoms with Gasteiger partial charge in [0.25, 0.3) is 0 Å². The zero-order chi connectivity index (χ0) is 10.5. The van der Waals surface area contributed by atoms with Crippen molar-refractivity contribution in [2.24, 2.45) is 4.99 Å². The molecule has 15 heavy (non-hydrogen) atoms. The topological polar surface area (TPSA) is 50.4 Å². The zero-order valence-corrected chi connectivity index (χ0v) is 8.87. The number of nitrogens with one attached hydrogen (secondary N) is 1. The molecule has 0 aromatic heterocycles. The summed E-state index contributed by atoms with van der Waals surface area (Å²) in [6, 6.07) is 8.06. The van der Waals surface area contributed by atoms with E-state index in [1.807, 2.05) is 12.1 Å². The Morgan fingerprint density at radius 3 is 2.67 bits per heavy atom. The Hall–Kier alpha value is -1.51. The van der Waals surface area contributed by atoms with Crippen LogP contribution in [0.4, 0.5) is 5.69 Å². The lowest BCUT2D eigenvalue weighted by Gasteiger charge is -2.14. The van der Waals surface area contributed by atoms with Gasteiger partial charge < -0.3 is 11.1 Å². The second kappa shape index (κ2) is 4.82. The molecule has 0 saturated heterocycles. The molecule has 0 bridgehead atoms. The van der Waals surface area contributed by atoms with E-state index in [1.54, 1.807) is 0 Å². The van der Waals surface area contributed by atoms with Crippen molar-refractivity contribution in [1.82, 2.24) is 5.32 Å². The van der Waals surface area contributed by atoms with E-state index < -0.39 is 0 Å². The summed E-state index contributed by atoms with van der Waals surface area (Å²) in [4.78, 5) is 4.44. The van der Waals surface area contributed by atoms with Gasteiger partial charge in [-0.2, -0.15) is 0 Å². The summed E-state index contributed by atoms with van der Waals surface area (Å²) >= 11 is 0. The van der Waals surface area contributed by atoms with Gasteiger partial charge in [0.2, 0.25) is 0 Å². The fourth-order valence-corrected chi connectivity index (χ4v) is 1.70. The van der Waals surface area contributed by atoms with Crippen LogP contribution in [-0.4, -0.2) is 18.9 Å². The first-order valence-corrected chi connectivity index (χ1v) is 5.46. The summed E-state index contributed by atoms with van der Waals surface area (Å²) in [6.07, 6.45) is 3.20. The summed E-state index contributed by atoms with van der Waals surface area (Å²) in [7, 11) is 0. The maximum absolute atomic E-state index is 5.63. The van der Waals surface area contributed by atoms with E-state index in [0.717, 1.165) is 43.9 Å². The first-order valence-electron chi connectivity index (χ1n) is 5.46. The van der Waals surface area contributed by atoms with Crippen molar-refractivity contribution in [2.45, 2.75) is 19.3 Å². The second-order valence-corrected chi connectivity index (χ2v) is 3.85. The summed E-state index contributed by atoms with van der Waals surface area (Å²) in [5.74, 6) is 1.15. The van der Waals surface area contributed by atoms with Crippen LogP contribution in [0.15, 0.2) is 29.3 Å². The molecular weight excluding hydrogens is 186 g/mol. The molecule has 0 saturated carbocycles. The molecule has 3 nitrogen and oxygen atoms in total. The highest BCUT2D eigenvalue weighted by molar-refractivity contribution is 5.82. The van der Waals surface area contributed by atoms with Crippen molar-refractivity contribution in [3.05, 3.63) is 29.8 Å². The Kier molecular flexibility index (Phi) is 3.22. The number of nitrogens with zero attached hydrogens (tertiary/aromatic N) is 1. The third-order valence-corrected chi connectivity index (χ3v) is 2.60. The minimum absolute atomic E-state index is 0.826. The number of benzene rings is 1. The number of amidine groups is 1. The van der Waals surface area contributed by atoms with Crippen molar-refractivity contribution in [3.63, 3.8) is 0 Å². The van der Waals surface area contributed by atoms with Crippen LogP contribution >= 0.6 is 0 Å². The van der Waals surface area contributed by atoms with Crippen molar-refractivity contribution in [3.8, 4) is 0 Å². The molecule has 0 fully saturated rings.